The van der Waals surface area contributed by atoms with Crippen LogP contribution in [0.15, 0.2) is 73.2 Å². The van der Waals surface area contributed by atoms with Crippen molar-refractivity contribution >= 4 is 11.0 Å². The molecule has 0 bridgehead atoms. The highest BCUT2D eigenvalue weighted by atomic mass is 15.1. The van der Waals surface area contributed by atoms with Gasteiger partial charge in [0, 0.05) is 25.1 Å². The van der Waals surface area contributed by atoms with Gasteiger partial charge in [0.2, 0.25) is 0 Å². The van der Waals surface area contributed by atoms with Crippen molar-refractivity contribution in [2.75, 3.05) is 0 Å². The largest absolute Gasteiger partial charge is 0.322 e. The average molecular weight is 300 g/mol. The van der Waals surface area contributed by atoms with Gasteiger partial charge in [0.1, 0.15) is 5.69 Å². The van der Waals surface area contributed by atoms with Crippen LogP contribution >= 0.6 is 0 Å². The maximum absolute atomic E-state index is 4.78. The van der Waals surface area contributed by atoms with Crippen molar-refractivity contribution < 1.29 is 0 Å². The van der Waals surface area contributed by atoms with E-state index in [9.17, 15) is 0 Å². The Kier molecular flexibility index (Phi) is 3.56. The summed E-state index contributed by atoms with van der Waals surface area (Å²) in [5.41, 5.74) is 4.31. The smallest absolute Gasteiger partial charge is 0.159 e. The summed E-state index contributed by atoms with van der Waals surface area (Å²) < 4.78 is 2.25. The zero-order valence-corrected chi connectivity index (χ0v) is 12.6. The molecule has 0 saturated carbocycles. The van der Waals surface area contributed by atoms with Crippen LogP contribution in [0.4, 0.5) is 0 Å². The lowest BCUT2D eigenvalue weighted by atomic mass is 10.2. The van der Waals surface area contributed by atoms with E-state index in [1.807, 2.05) is 48.9 Å². The van der Waals surface area contributed by atoms with Gasteiger partial charge in [-0.3, -0.25) is 9.97 Å². The summed E-state index contributed by atoms with van der Waals surface area (Å²) in [5.74, 6) is 0.917. The molecule has 3 heterocycles. The maximum atomic E-state index is 4.78. The minimum atomic E-state index is 0.858. The standard InChI is InChI=1S/C19H16N4/c1-2-7-18-16(5-1)22-19(17-6-3-4-11-21-17)23(18)14-10-15-8-12-20-13-9-15/h1-9,11-13H,10,14H2. The van der Waals surface area contributed by atoms with Gasteiger partial charge in [-0.1, -0.05) is 18.2 Å². The number of fused-ring (bicyclic) bond motifs is 1. The lowest BCUT2D eigenvalue weighted by molar-refractivity contribution is 0.720. The summed E-state index contributed by atoms with van der Waals surface area (Å²) in [5, 5.41) is 0. The predicted octanol–water partition coefficient (Wildman–Crippen LogP) is 3.74. The molecule has 0 spiro atoms. The highest BCUT2D eigenvalue weighted by molar-refractivity contribution is 5.79. The molecule has 3 aromatic heterocycles. The van der Waals surface area contributed by atoms with Crippen LogP contribution in [-0.2, 0) is 13.0 Å². The molecule has 0 N–H and O–H groups in total. The molecule has 0 aliphatic carbocycles. The average Bonchev–Trinajstić information content (AvgIpc) is 3.00. The van der Waals surface area contributed by atoms with E-state index in [0.29, 0.717) is 0 Å². The molecule has 0 aliphatic rings. The Morgan fingerprint density at radius 1 is 0.826 bits per heavy atom. The Bertz CT molecular complexity index is 914. The first-order valence-corrected chi connectivity index (χ1v) is 7.67. The van der Waals surface area contributed by atoms with Crippen molar-refractivity contribution in [3.05, 3.63) is 78.8 Å². The third-order valence-electron chi connectivity index (χ3n) is 3.92. The Hall–Kier alpha value is -3.01. The first-order valence-electron chi connectivity index (χ1n) is 7.67. The number of pyridine rings is 2. The molecule has 4 rings (SSSR count). The van der Waals surface area contributed by atoms with Crippen molar-refractivity contribution in [2.24, 2.45) is 0 Å². The van der Waals surface area contributed by atoms with Crippen molar-refractivity contribution in [1.29, 1.82) is 0 Å². The van der Waals surface area contributed by atoms with Crippen LogP contribution in [0.2, 0.25) is 0 Å². The van der Waals surface area contributed by atoms with Gasteiger partial charge in [-0.15, -0.1) is 0 Å². The molecule has 4 nitrogen and oxygen atoms in total. The number of imidazole rings is 1. The first kappa shape index (κ1) is 13.6. The first-order chi connectivity index (χ1) is 11.4. The monoisotopic (exact) mass is 300 g/mol. The molecule has 0 unspecified atom stereocenters. The van der Waals surface area contributed by atoms with Crippen LogP contribution in [0.3, 0.4) is 0 Å². The van der Waals surface area contributed by atoms with Gasteiger partial charge >= 0.3 is 0 Å². The lowest BCUT2D eigenvalue weighted by Gasteiger charge is -2.09. The number of hydrogen-bond donors (Lipinski definition) is 0. The minimum absolute atomic E-state index is 0.858. The van der Waals surface area contributed by atoms with Crippen molar-refractivity contribution in [3.63, 3.8) is 0 Å². The van der Waals surface area contributed by atoms with Gasteiger partial charge in [-0.25, -0.2) is 4.98 Å². The van der Waals surface area contributed by atoms with Gasteiger partial charge in [0.15, 0.2) is 5.82 Å². The second-order valence-electron chi connectivity index (χ2n) is 5.40. The van der Waals surface area contributed by atoms with Gasteiger partial charge in [-0.2, -0.15) is 0 Å². The molecule has 0 amide bonds. The van der Waals surface area contributed by atoms with Gasteiger partial charge in [-0.05, 0) is 48.4 Å². The summed E-state index contributed by atoms with van der Waals surface area (Å²) >= 11 is 0. The number of benzene rings is 1. The van der Waals surface area contributed by atoms with Crippen molar-refractivity contribution in [1.82, 2.24) is 19.5 Å². The summed E-state index contributed by atoms with van der Waals surface area (Å²) in [4.78, 5) is 13.3. The van der Waals surface area contributed by atoms with E-state index >= 15 is 0 Å². The molecule has 4 heteroatoms. The number of hydrogen-bond acceptors (Lipinski definition) is 3. The fraction of sp³-hybridized carbons (Fsp3) is 0.105. The van der Waals surface area contributed by atoms with E-state index in [1.54, 1.807) is 0 Å². The normalized spacial score (nSPS) is 11.0. The Morgan fingerprint density at radius 2 is 1.65 bits per heavy atom. The summed E-state index contributed by atoms with van der Waals surface area (Å²) in [6, 6.07) is 18.3. The van der Waals surface area contributed by atoms with Crippen LogP contribution in [0, 0.1) is 0 Å². The fourth-order valence-corrected chi connectivity index (χ4v) is 2.78. The molecular formula is C19H16N4. The molecule has 112 valence electrons. The number of aromatic nitrogens is 4. The zero-order chi connectivity index (χ0) is 15.5. The third-order valence-corrected chi connectivity index (χ3v) is 3.92. The highest BCUT2D eigenvalue weighted by Gasteiger charge is 2.12. The maximum Gasteiger partial charge on any atom is 0.159 e. The van der Waals surface area contributed by atoms with Gasteiger partial charge in [0.25, 0.3) is 0 Å². The van der Waals surface area contributed by atoms with E-state index in [0.717, 1.165) is 35.5 Å². The van der Waals surface area contributed by atoms with Crippen LogP contribution in [-0.4, -0.2) is 19.5 Å². The van der Waals surface area contributed by atoms with Crippen LogP contribution in [0.25, 0.3) is 22.6 Å². The quantitative estimate of drug-likeness (QED) is 0.576. The van der Waals surface area contributed by atoms with Gasteiger partial charge < -0.3 is 4.57 Å². The topological polar surface area (TPSA) is 43.6 Å². The van der Waals surface area contributed by atoms with E-state index in [1.165, 1.54) is 5.56 Å². The Labute approximate surface area is 134 Å². The SMILES string of the molecule is c1ccc(-c2nc3ccccc3n2CCc2ccncc2)nc1. The summed E-state index contributed by atoms with van der Waals surface area (Å²) in [7, 11) is 0. The highest BCUT2D eigenvalue weighted by Crippen LogP contribution is 2.23. The van der Waals surface area contributed by atoms with E-state index in [4.69, 9.17) is 4.98 Å². The Balaban J connectivity index is 1.77. The molecule has 1 aromatic carbocycles. The molecule has 0 atom stereocenters. The van der Waals surface area contributed by atoms with E-state index in [2.05, 4.69) is 38.8 Å². The predicted molar refractivity (Wildman–Crippen MR) is 90.9 cm³/mol. The minimum Gasteiger partial charge on any atom is -0.322 e. The third kappa shape index (κ3) is 2.71. The second-order valence-corrected chi connectivity index (χ2v) is 5.40. The molecule has 0 radical (unpaired) electrons. The molecular weight excluding hydrogens is 284 g/mol. The van der Waals surface area contributed by atoms with Gasteiger partial charge in [0.05, 0.1) is 11.0 Å². The number of nitrogens with zero attached hydrogens (tertiary/aromatic N) is 4. The molecule has 23 heavy (non-hydrogen) atoms. The molecule has 0 saturated heterocycles. The van der Waals surface area contributed by atoms with Crippen LogP contribution in [0.1, 0.15) is 5.56 Å². The zero-order valence-electron chi connectivity index (χ0n) is 12.6. The number of para-hydroxylation sites is 2. The lowest BCUT2D eigenvalue weighted by Crippen LogP contribution is -2.04. The second kappa shape index (κ2) is 6.01. The molecule has 4 aromatic rings. The van der Waals surface area contributed by atoms with E-state index < -0.39 is 0 Å². The van der Waals surface area contributed by atoms with Crippen molar-refractivity contribution in [3.8, 4) is 11.5 Å². The number of aryl methyl sites for hydroxylation is 2. The number of rotatable bonds is 4. The molecule has 0 fully saturated rings. The van der Waals surface area contributed by atoms with Crippen LogP contribution < -0.4 is 0 Å². The Morgan fingerprint density at radius 3 is 2.48 bits per heavy atom. The van der Waals surface area contributed by atoms with Crippen molar-refractivity contribution in [2.45, 2.75) is 13.0 Å². The summed E-state index contributed by atoms with van der Waals surface area (Å²) in [6.45, 7) is 0.858. The molecule has 0 aliphatic heterocycles. The van der Waals surface area contributed by atoms with E-state index in [-0.39, 0.29) is 0 Å². The fourth-order valence-electron chi connectivity index (χ4n) is 2.78. The van der Waals surface area contributed by atoms with Crippen LogP contribution in [0.5, 0.6) is 0 Å². The summed E-state index contributed by atoms with van der Waals surface area (Å²) in [6.07, 6.45) is 6.41.